The van der Waals surface area contributed by atoms with Crippen LogP contribution in [-0.4, -0.2) is 78.9 Å². The molecule has 2 aromatic rings. The molecule has 0 N–H and O–H groups in total. The third kappa shape index (κ3) is 6.27. The first-order valence-corrected chi connectivity index (χ1v) is 12.0. The second-order valence-corrected chi connectivity index (χ2v) is 9.62. The minimum Gasteiger partial charge on any atom is -0.493 e. The van der Waals surface area contributed by atoms with Gasteiger partial charge in [0.1, 0.15) is 12.4 Å². The molecule has 1 fully saturated rings. The maximum Gasteiger partial charge on any atom is 0.262 e. The molecule has 0 atom stereocenters. The number of nitrogens with zero attached hydrogens (tertiary/aromatic N) is 4. The van der Waals surface area contributed by atoms with Crippen LogP contribution in [-0.2, 0) is 22.6 Å². The van der Waals surface area contributed by atoms with Gasteiger partial charge in [-0.25, -0.2) is 4.98 Å². The number of methoxy groups -OCH3 is 2. The lowest BCUT2D eigenvalue weighted by atomic mass is 10.1. The summed E-state index contributed by atoms with van der Waals surface area (Å²) in [5.74, 6) is 2.11. The highest BCUT2D eigenvalue weighted by molar-refractivity contribution is 5.82. The second-order valence-electron chi connectivity index (χ2n) is 9.62. The minimum atomic E-state index is -0.253. The Morgan fingerprint density at radius 1 is 1.06 bits per heavy atom. The first-order valence-electron chi connectivity index (χ1n) is 12.0. The van der Waals surface area contributed by atoms with E-state index in [2.05, 4.69) is 32.6 Å². The van der Waals surface area contributed by atoms with Crippen LogP contribution in [0, 0.1) is 11.8 Å². The lowest BCUT2D eigenvalue weighted by Gasteiger charge is -2.29. The molecule has 1 aromatic carbocycles. The lowest BCUT2D eigenvalue weighted by Crippen LogP contribution is -2.42. The topological polar surface area (TPSA) is 86.1 Å². The second kappa shape index (κ2) is 11.7. The predicted molar refractivity (Wildman–Crippen MR) is 131 cm³/mol. The Kier molecular flexibility index (Phi) is 8.90. The van der Waals surface area contributed by atoms with E-state index in [0.29, 0.717) is 72.9 Å². The van der Waals surface area contributed by atoms with Gasteiger partial charge in [-0.1, -0.05) is 27.7 Å². The molecule has 1 amide bonds. The molecule has 0 saturated carbocycles. The van der Waals surface area contributed by atoms with E-state index >= 15 is 0 Å². The van der Waals surface area contributed by atoms with Crippen molar-refractivity contribution in [2.45, 2.75) is 40.8 Å². The molecule has 1 saturated heterocycles. The standard InChI is InChI=1S/C25H38N4O5/c1-17(2)13-28(14-18(3)4)24(30)16-29-23(15-27-7-9-34-10-8-27)26-20-12-22(33-6)21(32-5)11-19(20)25(29)31/h11-12,17-18H,7-10,13-16H2,1-6H3. The summed E-state index contributed by atoms with van der Waals surface area (Å²) in [7, 11) is 3.08. The maximum atomic E-state index is 13.7. The van der Waals surface area contributed by atoms with Crippen molar-refractivity contribution in [3.05, 3.63) is 28.3 Å². The van der Waals surface area contributed by atoms with Crippen LogP contribution in [0.5, 0.6) is 11.5 Å². The Bertz CT molecular complexity index is 1030. The van der Waals surface area contributed by atoms with Crippen molar-refractivity contribution in [1.29, 1.82) is 0 Å². The van der Waals surface area contributed by atoms with E-state index in [0.717, 1.165) is 13.1 Å². The number of fused-ring (bicyclic) bond motifs is 1. The van der Waals surface area contributed by atoms with Crippen LogP contribution >= 0.6 is 0 Å². The third-order valence-electron chi connectivity index (χ3n) is 5.82. The van der Waals surface area contributed by atoms with Gasteiger partial charge >= 0.3 is 0 Å². The summed E-state index contributed by atoms with van der Waals surface area (Å²) in [5.41, 5.74) is 0.271. The van der Waals surface area contributed by atoms with Crippen LogP contribution in [0.4, 0.5) is 0 Å². The molecule has 9 heteroatoms. The summed E-state index contributed by atoms with van der Waals surface area (Å²) < 4.78 is 17.8. The van der Waals surface area contributed by atoms with Gasteiger partial charge in [-0.15, -0.1) is 0 Å². The van der Waals surface area contributed by atoms with Gasteiger partial charge in [0.2, 0.25) is 5.91 Å². The van der Waals surface area contributed by atoms with Gasteiger partial charge in [-0.05, 0) is 17.9 Å². The van der Waals surface area contributed by atoms with Gasteiger partial charge in [0.15, 0.2) is 11.5 Å². The minimum absolute atomic E-state index is 0.0464. The van der Waals surface area contributed by atoms with E-state index < -0.39 is 0 Å². The van der Waals surface area contributed by atoms with Crippen LogP contribution in [0.2, 0.25) is 0 Å². The predicted octanol–water partition coefficient (Wildman–Crippen LogP) is 2.39. The van der Waals surface area contributed by atoms with Gasteiger partial charge < -0.3 is 19.1 Å². The molecule has 0 unspecified atom stereocenters. The summed E-state index contributed by atoms with van der Waals surface area (Å²) in [6.07, 6.45) is 0. The molecule has 3 rings (SSSR count). The Morgan fingerprint density at radius 3 is 2.21 bits per heavy atom. The van der Waals surface area contributed by atoms with Gasteiger partial charge in [0, 0.05) is 32.2 Å². The molecule has 34 heavy (non-hydrogen) atoms. The fourth-order valence-corrected chi connectivity index (χ4v) is 4.23. The number of carbonyl (C=O) groups excluding carboxylic acids is 1. The monoisotopic (exact) mass is 474 g/mol. The van der Waals surface area contributed by atoms with Gasteiger partial charge in [0.25, 0.3) is 5.56 Å². The molecule has 1 aromatic heterocycles. The Balaban J connectivity index is 2.06. The smallest absolute Gasteiger partial charge is 0.262 e. The van der Waals surface area contributed by atoms with Crippen LogP contribution in [0.1, 0.15) is 33.5 Å². The zero-order chi connectivity index (χ0) is 24.8. The quantitative estimate of drug-likeness (QED) is 0.523. The average Bonchev–Trinajstić information content (AvgIpc) is 2.80. The third-order valence-corrected chi connectivity index (χ3v) is 5.82. The molecule has 0 aliphatic carbocycles. The number of hydrogen-bond donors (Lipinski definition) is 0. The molecule has 188 valence electrons. The molecule has 0 bridgehead atoms. The molecule has 9 nitrogen and oxygen atoms in total. The van der Waals surface area contributed by atoms with E-state index in [1.807, 2.05) is 4.90 Å². The van der Waals surface area contributed by atoms with Crippen LogP contribution < -0.4 is 15.0 Å². The van der Waals surface area contributed by atoms with Crippen molar-refractivity contribution in [1.82, 2.24) is 19.4 Å². The van der Waals surface area contributed by atoms with E-state index in [1.54, 1.807) is 19.2 Å². The molecule has 0 spiro atoms. The summed E-state index contributed by atoms with van der Waals surface area (Å²) in [5, 5.41) is 0.399. The summed E-state index contributed by atoms with van der Waals surface area (Å²) in [6.45, 7) is 12.9. The van der Waals surface area contributed by atoms with E-state index in [4.69, 9.17) is 19.2 Å². The lowest BCUT2D eigenvalue weighted by molar-refractivity contribution is -0.133. The normalized spacial score (nSPS) is 14.7. The van der Waals surface area contributed by atoms with Gasteiger partial charge in [0.05, 0.1) is 44.9 Å². The molecule has 1 aliphatic heterocycles. The molecule has 0 radical (unpaired) electrons. The number of morpholine rings is 1. The molecular formula is C25H38N4O5. The molecule has 2 heterocycles. The Hall–Kier alpha value is -2.65. The molecule has 1 aliphatic rings. The van der Waals surface area contributed by atoms with Crippen LogP contribution in [0.25, 0.3) is 10.9 Å². The fourth-order valence-electron chi connectivity index (χ4n) is 4.23. The number of ether oxygens (including phenoxy) is 3. The maximum absolute atomic E-state index is 13.7. The van der Waals surface area contributed by atoms with Crippen LogP contribution in [0.3, 0.4) is 0 Å². The number of aromatic nitrogens is 2. The van der Waals surface area contributed by atoms with Crippen molar-refractivity contribution < 1.29 is 19.0 Å². The van der Waals surface area contributed by atoms with Crippen molar-refractivity contribution in [2.75, 3.05) is 53.6 Å². The number of hydrogen-bond acceptors (Lipinski definition) is 7. The highest BCUT2D eigenvalue weighted by Crippen LogP contribution is 2.30. The summed E-state index contributed by atoms with van der Waals surface area (Å²) in [4.78, 5) is 35.9. The number of rotatable bonds is 10. The highest BCUT2D eigenvalue weighted by Gasteiger charge is 2.23. The van der Waals surface area contributed by atoms with Crippen molar-refractivity contribution in [3.8, 4) is 11.5 Å². The van der Waals surface area contributed by atoms with Crippen molar-refractivity contribution in [2.24, 2.45) is 11.8 Å². The van der Waals surface area contributed by atoms with Crippen molar-refractivity contribution >= 4 is 16.8 Å². The van der Waals surface area contributed by atoms with E-state index in [-0.39, 0.29) is 18.0 Å². The largest absolute Gasteiger partial charge is 0.493 e. The number of amides is 1. The molecular weight excluding hydrogens is 436 g/mol. The fraction of sp³-hybridized carbons (Fsp3) is 0.640. The Labute approximate surface area is 201 Å². The van der Waals surface area contributed by atoms with E-state index in [9.17, 15) is 9.59 Å². The summed E-state index contributed by atoms with van der Waals surface area (Å²) >= 11 is 0. The van der Waals surface area contributed by atoms with E-state index in [1.165, 1.54) is 11.7 Å². The number of carbonyl (C=O) groups is 1. The zero-order valence-electron chi connectivity index (χ0n) is 21.3. The van der Waals surface area contributed by atoms with Gasteiger partial charge in [-0.2, -0.15) is 0 Å². The first kappa shape index (κ1) is 26.0. The van der Waals surface area contributed by atoms with Crippen molar-refractivity contribution in [3.63, 3.8) is 0 Å². The highest BCUT2D eigenvalue weighted by atomic mass is 16.5. The zero-order valence-corrected chi connectivity index (χ0v) is 21.3. The number of benzene rings is 1. The first-order chi connectivity index (χ1) is 16.2. The SMILES string of the molecule is COc1cc2nc(CN3CCOCC3)n(CC(=O)N(CC(C)C)CC(C)C)c(=O)c2cc1OC. The Morgan fingerprint density at radius 2 is 1.65 bits per heavy atom. The van der Waals surface area contributed by atoms with Gasteiger partial charge in [-0.3, -0.25) is 19.1 Å². The average molecular weight is 475 g/mol. The van der Waals surface area contributed by atoms with Crippen LogP contribution in [0.15, 0.2) is 16.9 Å². The summed E-state index contributed by atoms with van der Waals surface area (Å²) in [6, 6.07) is 3.36.